The van der Waals surface area contributed by atoms with E-state index in [1.54, 1.807) is 24.3 Å². The summed E-state index contributed by atoms with van der Waals surface area (Å²) in [6.07, 6.45) is 1.85. The highest BCUT2D eigenvalue weighted by molar-refractivity contribution is 6.36. The Balaban J connectivity index is 1.56. The first kappa shape index (κ1) is 23.1. The number of rotatable bonds is 10. The fourth-order valence-corrected chi connectivity index (χ4v) is 3.45. The lowest BCUT2D eigenvalue weighted by Gasteiger charge is -2.14. The van der Waals surface area contributed by atoms with Crippen molar-refractivity contribution in [1.82, 2.24) is 9.80 Å². The largest absolute Gasteiger partial charge is 0.464 e. The maximum atomic E-state index is 12.5. The molecule has 0 radical (unpaired) electrons. The summed E-state index contributed by atoms with van der Waals surface area (Å²) in [7, 11) is 5.29. The Kier molecular flexibility index (Phi) is 7.72. The summed E-state index contributed by atoms with van der Waals surface area (Å²) in [5, 5.41) is 4.22. The van der Waals surface area contributed by atoms with Crippen molar-refractivity contribution in [2.75, 3.05) is 39.7 Å². The molecule has 168 valence electrons. The Labute approximate surface area is 187 Å². The molecule has 3 rings (SSSR count). The molecule has 0 unspecified atom stereocenters. The van der Waals surface area contributed by atoms with Crippen LogP contribution in [0.3, 0.4) is 0 Å². The van der Waals surface area contributed by atoms with Gasteiger partial charge in [-0.3, -0.25) is 19.9 Å². The van der Waals surface area contributed by atoms with E-state index in [9.17, 15) is 14.4 Å². The van der Waals surface area contributed by atoms with Crippen LogP contribution in [-0.2, 0) is 16.0 Å². The van der Waals surface area contributed by atoms with Gasteiger partial charge in [-0.05, 0) is 63.3 Å². The summed E-state index contributed by atoms with van der Waals surface area (Å²) in [5.74, 6) is -0.945. The fourth-order valence-electron chi connectivity index (χ4n) is 3.45. The van der Waals surface area contributed by atoms with E-state index in [1.807, 2.05) is 43.3 Å². The average molecular weight is 437 g/mol. The number of nitrogens with one attached hydrogen (secondary N) is 1. The van der Waals surface area contributed by atoms with Crippen LogP contribution in [0, 0.1) is 0 Å². The molecule has 0 aliphatic carbocycles. The zero-order valence-corrected chi connectivity index (χ0v) is 18.6. The van der Waals surface area contributed by atoms with Crippen LogP contribution >= 0.6 is 0 Å². The van der Waals surface area contributed by atoms with Gasteiger partial charge in [-0.25, -0.2) is 4.79 Å². The monoisotopic (exact) mass is 436 g/mol. The van der Waals surface area contributed by atoms with Crippen molar-refractivity contribution in [3.8, 4) is 0 Å². The molecule has 1 aliphatic heterocycles. The minimum absolute atomic E-state index is 0.247. The molecule has 2 aromatic rings. The molecule has 0 atom stereocenters. The molecule has 0 saturated heterocycles. The summed E-state index contributed by atoms with van der Waals surface area (Å²) < 4.78 is 4.82. The maximum absolute atomic E-state index is 12.5. The highest BCUT2D eigenvalue weighted by Crippen LogP contribution is 2.22. The van der Waals surface area contributed by atoms with E-state index in [1.165, 1.54) is 12.0 Å². The Hall–Kier alpha value is -3.52. The highest BCUT2D eigenvalue weighted by Gasteiger charge is 2.34. The van der Waals surface area contributed by atoms with Crippen LogP contribution in [0.5, 0.6) is 0 Å². The van der Waals surface area contributed by atoms with Crippen LogP contribution in [0.1, 0.15) is 39.1 Å². The van der Waals surface area contributed by atoms with Gasteiger partial charge < -0.3 is 9.64 Å². The quantitative estimate of drug-likeness (QED) is 0.267. The lowest BCUT2D eigenvalue weighted by atomic mass is 10.1. The number of ether oxygens (including phenoxy) is 1. The maximum Gasteiger partial charge on any atom is 0.354 e. The second kappa shape index (κ2) is 10.7. The molecule has 0 saturated carbocycles. The number of nitrogens with zero attached hydrogens (tertiary/aromatic N) is 3. The van der Waals surface area contributed by atoms with Crippen LogP contribution in [0.25, 0.3) is 0 Å². The number of benzene rings is 2. The van der Waals surface area contributed by atoms with Crippen LogP contribution in [-0.4, -0.2) is 67.6 Å². The van der Waals surface area contributed by atoms with Gasteiger partial charge in [0.05, 0.1) is 23.9 Å². The van der Waals surface area contributed by atoms with E-state index in [-0.39, 0.29) is 11.8 Å². The van der Waals surface area contributed by atoms with Gasteiger partial charge in [0.25, 0.3) is 11.8 Å². The number of carbonyl (C=O) groups is 3. The number of hydrazone groups is 1. The average Bonchev–Trinajstić information content (AvgIpc) is 3.04. The normalized spacial score (nSPS) is 13.5. The van der Waals surface area contributed by atoms with Gasteiger partial charge in [0.1, 0.15) is 5.71 Å². The molecule has 0 bridgehead atoms. The van der Waals surface area contributed by atoms with Crippen molar-refractivity contribution < 1.29 is 19.1 Å². The van der Waals surface area contributed by atoms with Crippen LogP contribution in [0.15, 0.2) is 53.6 Å². The Morgan fingerprint density at radius 1 is 1.03 bits per heavy atom. The second-order valence-corrected chi connectivity index (χ2v) is 7.82. The first-order valence-corrected chi connectivity index (χ1v) is 10.5. The fraction of sp³-hybridized carbons (Fsp3) is 0.333. The number of imide groups is 1. The van der Waals surface area contributed by atoms with Gasteiger partial charge in [-0.1, -0.05) is 24.3 Å². The summed E-state index contributed by atoms with van der Waals surface area (Å²) in [6.45, 7) is 1.16. The van der Waals surface area contributed by atoms with E-state index < -0.39 is 5.97 Å². The van der Waals surface area contributed by atoms with E-state index in [0.29, 0.717) is 36.2 Å². The molecule has 0 aromatic heterocycles. The van der Waals surface area contributed by atoms with Gasteiger partial charge in [0.2, 0.25) is 0 Å². The lowest BCUT2D eigenvalue weighted by molar-refractivity contribution is -0.132. The smallest absolute Gasteiger partial charge is 0.354 e. The van der Waals surface area contributed by atoms with E-state index in [4.69, 9.17) is 4.74 Å². The van der Waals surface area contributed by atoms with Gasteiger partial charge in [-0.15, -0.1) is 0 Å². The molecule has 2 amide bonds. The molecule has 32 heavy (non-hydrogen) atoms. The summed E-state index contributed by atoms with van der Waals surface area (Å²) >= 11 is 0. The second-order valence-electron chi connectivity index (χ2n) is 7.82. The van der Waals surface area contributed by atoms with Crippen molar-refractivity contribution in [3.05, 3.63) is 65.2 Å². The third-order valence-corrected chi connectivity index (χ3v) is 5.22. The Bertz CT molecular complexity index is 980. The predicted octanol–water partition coefficient (Wildman–Crippen LogP) is 2.81. The summed E-state index contributed by atoms with van der Waals surface area (Å²) in [5.41, 5.74) is 5.87. The predicted molar refractivity (Wildman–Crippen MR) is 123 cm³/mol. The van der Waals surface area contributed by atoms with Gasteiger partial charge in [0, 0.05) is 13.0 Å². The van der Waals surface area contributed by atoms with Gasteiger partial charge in [0.15, 0.2) is 0 Å². The number of anilines is 1. The molecule has 2 aromatic carbocycles. The van der Waals surface area contributed by atoms with Crippen molar-refractivity contribution in [2.45, 2.75) is 19.3 Å². The van der Waals surface area contributed by atoms with Crippen LogP contribution in [0.4, 0.5) is 5.69 Å². The molecule has 1 aliphatic rings. The van der Waals surface area contributed by atoms with Crippen LogP contribution in [0.2, 0.25) is 0 Å². The van der Waals surface area contributed by atoms with Crippen molar-refractivity contribution in [3.63, 3.8) is 0 Å². The Morgan fingerprint density at radius 2 is 1.66 bits per heavy atom. The zero-order valence-electron chi connectivity index (χ0n) is 18.6. The minimum Gasteiger partial charge on any atom is -0.464 e. The summed E-state index contributed by atoms with van der Waals surface area (Å²) in [6, 6.07) is 14.4. The lowest BCUT2D eigenvalue weighted by Crippen LogP contribution is -2.31. The molecule has 1 N–H and O–H groups in total. The van der Waals surface area contributed by atoms with Gasteiger partial charge >= 0.3 is 5.97 Å². The van der Waals surface area contributed by atoms with Crippen molar-refractivity contribution in [1.29, 1.82) is 0 Å². The number of hydrogen-bond donors (Lipinski definition) is 1. The van der Waals surface area contributed by atoms with E-state index in [0.717, 1.165) is 24.2 Å². The summed E-state index contributed by atoms with van der Waals surface area (Å²) in [4.78, 5) is 40.2. The van der Waals surface area contributed by atoms with Crippen molar-refractivity contribution in [2.24, 2.45) is 5.10 Å². The van der Waals surface area contributed by atoms with Crippen LogP contribution < -0.4 is 5.43 Å². The number of methoxy groups -OCH3 is 1. The topological polar surface area (TPSA) is 91.3 Å². The first-order chi connectivity index (χ1) is 15.4. The zero-order chi connectivity index (χ0) is 23.1. The van der Waals surface area contributed by atoms with E-state index in [2.05, 4.69) is 10.5 Å². The highest BCUT2D eigenvalue weighted by atomic mass is 16.5. The third-order valence-electron chi connectivity index (χ3n) is 5.22. The van der Waals surface area contributed by atoms with E-state index >= 15 is 0 Å². The molecule has 1 heterocycles. The SMILES string of the molecule is COC(=O)/C(CCCN(C)C)=N\Nc1ccc(CCN2C(=O)c3ccccc3C2=O)cc1. The molecule has 0 spiro atoms. The number of esters is 1. The molecule has 8 heteroatoms. The number of amides is 2. The molecular formula is C24H28N4O4. The van der Waals surface area contributed by atoms with Crippen molar-refractivity contribution >= 4 is 29.2 Å². The molecule has 8 nitrogen and oxygen atoms in total. The molecule has 0 fully saturated rings. The third kappa shape index (κ3) is 5.59. The van der Waals surface area contributed by atoms with Gasteiger partial charge in [-0.2, -0.15) is 5.10 Å². The standard InChI is InChI=1S/C24H28N4O4/c1-27(2)15-6-9-21(24(31)32-3)26-25-18-12-10-17(11-13-18)14-16-28-22(29)19-7-4-5-8-20(19)23(28)30/h4-5,7-8,10-13,25H,6,9,14-16H2,1-3H3/b26-21-. The first-order valence-electron chi connectivity index (χ1n) is 10.5. The Morgan fingerprint density at radius 3 is 2.22 bits per heavy atom. The minimum atomic E-state index is -0.450. The molecular weight excluding hydrogens is 408 g/mol. The number of fused-ring (bicyclic) bond motifs is 1. The number of hydrogen-bond acceptors (Lipinski definition) is 7. The number of carbonyl (C=O) groups excluding carboxylic acids is 3.